The number of pyridine rings is 1. The minimum absolute atomic E-state index is 0.372. The Balaban J connectivity index is 2.18. The van der Waals surface area contributed by atoms with Crippen molar-refractivity contribution in [2.75, 3.05) is 7.05 Å². The average molecular weight is 246 g/mol. The Hall–Kier alpha value is -1.75. The van der Waals surface area contributed by atoms with Crippen molar-refractivity contribution in [2.45, 2.75) is 32.7 Å². The van der Waals surface area contributed by atoms with Gasteiger partial charge < -0.3 is 9.84 Å². The Morgan fingerprint density at radius 2 is 2.28 bits per heavy atom. The van der Waals surface area contributed by atoms with Gasteiger partial charge in [0.25, 0.3) is 0 Å². The maximum atomic E-state index is 5.29. The first-order valence-corrected chi connectivity index (χ1v) is 6.15. The van der Waals surface area contributed by atoms with Gasteiger partial charge in [-0.15, -0.1) is 0 Å². The van der Waals surface area contributed by atoms with Crippen LogP contribution in [0.3, 0.4) is 0 Å². The Labute approximate surface area is 107 Å². The van der Waals surface area contributed by atoms with Gasteiger partial charge in [-0.1, -0.05) is 12.1 Å². The standard InChI is InChI=1S/C13H18N4O/c1-4-10(14-3)7-12-16-13(17-18-12)11-5-6-15-8-9(11)2/h5-6,8,10,14H,4,7H2,1-3H3. The fourth-order valence-corrected chi connectivity index (χ4v) is 1.83. The van der Waals surface area contributed by atoms with Crippen molar-refractivity contribution in [1.82, 2.24) is 20.4 Å². The molecule has 0 aliphatic heterocycles. The topological polar surface area (TPSA) is 63.8 Å². The summed E-state index contributed by atoms with van der Waals surface area (Å²) in [5.74, 6) is 1.30. The molecule has 2 rings (SSSR count). The van der Waals surface area contributed by atoms with Crippen molar-refractivity contribution in [3.8, 4) is 11.4 Å². The number of hydrogen-bond acceptors (Lipinski definition) is 5. The van der Waals surface area contributed by atoms with Gasteiger partial charge in [0.15, 0.2) is 0 Å². The van der Waals surface area contributed by atoms with Crippen molar-refractivity contribution in [1.29, 1.82) is 0 Å². The van der Waals surface area contributed by atoms with E-state index in [-0.39, 0.29) is 0 Å². The number of nitrogens with one attached hydrogen (secondary N) is 1. The van der Waals surface area contributed by atoms with Crippen LogP contribution in [0.1, 0.15) is 24.8 Å². The van der Waals surface area contributed by atoms with E-state index in [0.717, 1.165) is 24.0 Å². The summed E-state index contributed by atoms with van der Waals surface area (Å²) in [5, 5.41) is 7.25. The van der Waals surface area contributed by atoms with Gasteiger partial charge in [-0.2, -0.15) is 4.98 Å². The van der Waals surface area contributed by atoms with Crippen molar-refractivity contribution in [3.63, 3.8) is 0 Å². The molecule has 2 aromatic heterocycles. The maximum Gasteiger partial charge on any atom is 0.228 e. The summed E-state index contributed by atoms with van der Waals surface area (Å²) in [5.41, 5.74) is 2.02. The van der Waals surface area contributed by atoms with Crippen LogP contribution in [-0.2, 0) is 6.42 Å². The van der Waals surface area contributed by atoms with E-state index in [0.29, 0.717) is 17.8 Å². The number of aryl methyl sites for hydroxylation is 1. The molecule has 0 fully saturated rings. The summed E-state index contributed by atoms with van der Waals surface area (Å²) < 4.78 is 5.29. The summed E-state index contributed by atoms with van der Waals surface area (Å²) >= 11 is 0. The third kappa shape index (κ3) is 2.73. The fourth-order valence-electron chi connectivity index (χ4n) is 1.83. The predicted octanol–water partition coefficient (Wildman–Crippen LogP) is 1.98. The summed E-state index contributed by atoms with van der Waals surface area (Å²) in [4.78, 5) is 8.49. The first-order valence-electron chi connectivity index (χ1n) is 6.15. The van der Waals surface area contributed by atoms with Crippen LogP contribution < -0.4 is 5.32 Å². The molecule has 1 N–H and O–H groups in total. The third-order valence-corrected chi connectivity index (χ3v) is 3.05. The van der Waals surface area contributed by atoms with Crippen LogP contribution in [0.15, 0.2) is 23.0 Å². The van der Waals surface area contributed by atoms with E-state index in [1.165, 1.54) is 0 Å². The average Bonchev–Trinajstić information content (AvgIpc) is 2.85. The number of rotatable bonds is 5. The minimum Gasteiger partial charge on any atom is -0.339 e. The molecule has 0 aromatic carbocycles. The summed E-state index contributed by atoms with van der Waals surface area (Å²) in [6.07, 6.45) is 5.32. The summed E-state index contributed by atoms with van der Waals surface area (Å²) in [6, 6.07) is 2.27. The normalized spacial score (nSPS) is 12.6. The predicted molar refractivity (Wildman–Crippen MR) is 69.1 cm³/mol. The van der Waals surface area contributed by atoms with Crippen molar-refractivity contribution < 1.29 is 4.52 Å². The molecule has 5 heteroatoms. The summed E-state index contributed by atoms with van der Waals surface area (Å²) in [7, 11) is 1.94. The zero-order valence-corrected chi connectivity index (χ0v) is 11.0. The third-order valence-electron chi connectivity index (χ3n) is 3.05. The highest BCUT2D eigenvalue weighted by molar-refractivity contribution is 5.57. The van der Waals surface area contributed by atoms with Gasteiger partial charge in [-0.05, 0) is 32.0 Å². The Morgan fingerprint density at radius 1 is 1.44 bits per heavy atom. The Morgan fingerprint density at radius 3 is 2.94 bits per heavy atom. The smallest absolute Gasteiger partial charge is 0.228 e. The van der Waals surface area contributed by atoms with Crippen LogP contribution in [0, 0.1) is 6.92 Å². The van der Waals surface area contributed by atoms with E-state index in [2.05, 4.69) is 27.4 Å². The van der Waals surface area contributed by atoms with Crippen LogP contribution in [0.2, 0.25) is 0 Å². The van der Waals surface area contributed by atoms with E-state index < -0.39 is 0 Å². The largest absolute Gasteiger partial charge is 0.339 e. The molecule has 0 radical (unpaired) electrons. The fraction of sp³-hybridized carbons (Fsp3) is 0.462. The quantitative estimate of drug-likeness (QED) is 0.874. The highest BCUT2D eigenvalue weighted by Gasteiger charge is 2.13. The van der Waals surface area contributed by atoms with E-state index in [9.17, 15) is 0 Å². The van der Waals surface area contributed by atoms with Gasteiger partial charge in [-0.25, -0.2) is 0 Å². The SMILES string of the molecule is CCC(Cc1nc(-c2ccncc2C)no1)NC. The van der Waals surface area contributed by atoms with Gasteiger partial charge in [0.05, 0.1) is 0 Å². The highest BCUT2D eigenvalue weighted by atomic mass is 16.5. The van der Waals surface area contributed by atoms with Gasteiger partial charge in [0.1, 0.15) is 0 Å². The number of aromatic nitrogens is 3. The molecule has 0 saturated heterocycles. The van der Waals surface area contributed by atoms with Gasteiger partial charge in [-0.3, -0.25) is 4.98 Å². The van der Waals surface area contributed by atoms with Crippen molar-refractivity contribution in [2.24, 2.45) is 0 Å². The second-order valence-electron chi connectivity index (χ2n) is 4.30. The molecule has 5 nitrogen and oxygen atoms in total. The molecule has 0 saturated carbocycles. The zero-order valence-electron chi connectivity index (χ0n) is 11.0. The second-order valence-corrected chi connectivity index (χ2v) is 4.30. The number of likely N-dealkylation sites (N-methyl/N-ethyl adjacent to an activating group) is 1. The maximum absolute atomic E-state index is 5.29. The lowest BCUT2D eigenvalue weighted by molar-refractivity contribution is 0.359. The van der Waals surface area contributed by atoms with Crippen molar-refractivity contribution >= 4 is 0 Å². The molecule has 0 aliphatic rings. The molecule has 0 amide bonds. The second kappa shape index (κ2) is 5.73. The Bertz CT molecular complexity index is 505. The first-order chi connectivity index (χ1) is 8.74. The van der Waals surface area contributed by atoms with Crippen LogP contribution in [0.25, 0.3) is 11.4 Å². The lowest BCUT2D eigenvalue weighted by Gasteiger charge is -2.09. The van der Waals surface area contributed by atoms with E-state index >= 15 is 0 Å². The molecular formula is C13H18N4O. The molecule has 0 spiro atoms. The molecule has 1 unspecified atom stereocenters. The molecule has 2 heterocycles. The van der Waals surface area contributed by atoms with Crippen LogP contribution in [-0.4, -0.2) is 28.2 Å². The van der Waals surface area contributed by atoms with Crippen molar-refractivity contribution in [3.05, 3.63) is 29.9 Å². The lowest BCUT2D eigenvalue weighted by Crippen LogP contribution is -2.26. The number of nitrogens with zero attached hydrogens (tertiary/aromatic N) is 3. The summed E-state index contributed by atoms with van der Waals surface area (Å²) in [6.45, 7) is 4.12. The lowest BCUT2D eigenvalue weighted by atomic mass is 10.1. The monoisotopic (exact) mass is 246 g/mol. The molecule has 18 heavy (non-hydrogen) atoms. The molecule has 1 atom stereocenters. The molecule has 0 bridgehead atoms. The number of hydrogen-bond donors (Lipinski definition) is 1. The van der Waals surface area contributed by atoms with Gasteiger partial charge in [0.2, 0.25) is 11.7 Å². The zero-order chi connectivity index (χ0) is 13.0. The van der Waals surface area contributed by atoms with Gasteiger partial charge >= 0.3 is 0 Å². The molecular weight excluding hydrogens is 228 g/mol. The van der Waals surface area contributed by atoms with Crippen LogP contribution in [0.4, 0.5) is 0 Å². The van der Waals surface area contributed by atoms with E-state index in [1.54, 1.807) is 12.4 Å². The first kappa shape index (κ1) is 12.7. The van der Waals surface area contributed by atoms with Crippen LogP contribution in [0.5, 0.6) is 0 Å². The van der Waals surface area contributed by atoms with E-state index in [1.807, 2.05) is 20.0 Å². The minimum atomic E-state index is 0.372. The molecule has 0 aliphatic carbocycles. The van der Waals surface area contributed by atoms with Gasteiger partial charge in [0, 0.05) is 30.4 Å². The van der Waals surface area contributed by atoms with Crippen LogP contribution >= 0.6 is 0 Å². The molecule has 2 aromatic rings. The van der Waals surface area contributed by atoms with E-state index in [4.69, 9.17) is 4.52 Å². The highest BCUT2D eigenvalue weighted by Crippen LogP contribution is 2.19. The Kier molecular flexibility index (Phi) is 4.04. The molecule has 96 valence electrons.